The van der Waals surface area contributed by atoms with Gasteiger partial charge in [0.05, 0.1) is 5.75 Å². The van der Waals surface area contributed by atoms with Crippen LogP contribution in [0.25, 0.3) is 0 Å². The molecule has 7 heteroatoms. The van der Waals surface area contributed by atoms with Gasteiger partial charge in [-0.25, -0.2) is 13.1 Å². The van der Waals surface area contributed by atoms with Crippen LogP contribution in [0, 0.1) is 0 Å². The summed E-state index contributed by atoms with van der Waals surface area (Å²) in [5, 5.41) is 1.90. The molecule has 0 radical (unpaired) electrons. The van der Waals surface area contributed by atoms with Crippen LogP contribution in [0.2, 0.25) is 0 Å². The molecule has 0 aromatic carbocycles. The van der Waals surface area contributed by atoms with Crippen LogP contribution < -0.4 is 10.5 Å². The van der Waals surface area contributed by atoms with E-state index in [2.05, 4.69) is 20.7 Å². The zero-order chi connectivity index (χ0) is 10.6. The van der Waals surface area contributed by atoms with Gasteiger partial charge in [-0.2, -0.15) is 0 Å². The largest absolute Gasteiger partial charge is 0.329 e. The highest BCUT2D eigenvalue weighted by atomic mass is 79.9. The van der Waals surface area contributed by atoms with E-state index in [1.165, 1.54) is 11.3 Å². The number of thiophene rings is 1. The van der Waals surface area contributed by atoms with E-state index in [1.807, 2.05) is 11.4 Å². The summed E-state index contributed by atoms with van der Waals surface area (Å²) in [6.45, 7) is 0.460. The third kappa shape index (κ3) is 3.66. The van der Waals surface area contributed by atoms with Crippen molar-refractivity contribution in [1.82, 2.24) is 4.72 Å². The molecule has 0 atom stereocenters. The zero-order valence-electron chi connectivity index (χ0n) is 7.36. The molecule has 0 amide bonds. The van der Waals surface area contributed by atoms with Crippen molar-refractivity contribution in [3.8, 4) is 0 Å². The minimum absolute atomic E-state index is 0.0318. The Morgan fingerprint density at radius 2 is 2.29 bits per heavy atom. The fourth-order valence-electron chi connectivity index (χ4n) is 0.854. The normalized spacial score (nSPS) is 11.9. The lowest BCUT2D eigenvalue weighted by molar-refractivity contribution is 0.581. The van der Waals surface area contributed by atoms with Gasteiger partial charge in [-0.15, -0.1) is 11.3 Å². The molecule has 0 saturated carbocycles. The SMILES string of the molecule is NCCS(=O)(=O)NCc1sccc1Br. The average molecular weight is 299 g/mol. The minimum atomic E-state index is -3.21. The first-order valence-electron chi connectivity index (χ1n) is 3.94. The molecule has 1 rings (SSSR count). The number of rotatable bonds is 5. The Balaban J connectivity index is 2.53. The number of nitrogens with two attached hydrogens (primary N) is 1. The fourth-order valence-corrected chi connectivity index (χ4v) is 3.20. The summed E-state index contributed by atoms with van der Waals surface area (Å²) in [5.74, 6) is -0.0318. The average Bonchev–Trinajstić information content (AvgIpc) is 2.48. The van der Waals surface area contributed by atoms with Crippen LogP contribution in [0.5, 0.6) is 0 Å². The lowest BCUT2D eigenvalue weighted by Crippen LogP contribution is -2.29. The van der Waals surface area contributed by atoms with Gasteiger partial charge in [-0.3, -0.25) is 0 Å². The molecule has 1 aromatic rings. The van der Waals surface area contributed by atoms with Crippen molar-refractivity contribution < 1.29 is 8.42 Å². The van der Waals surface area contributed by atoms with E-state index in [-0.39, 0.29) is 12.3 Å². The summed E-state index contributed by atoms with van der Waals surface area (Å²) < 4.78 is 25.9. The van der Waals surface area contributed by atoms with Crippen molar-refractivity contribution in [3.63, 3.8) is 0 Å². The number of halogens is 1. The Kier molecular flexibility index (Phi) is 4.52. The monoisotopic (exact) mass is 298 g/mol. The van der Waals surface area contributed by atoms with Gasteiger partial charge in [0.15, 0.2) is 0 Å². The van der Waals surface area contributed by atoms with Gasteiger partial charge in [0, 0.05) is 22.4 Å². The third-order valence-corrected chi connectivity index (χ3v) is 4.81. The lowest BCUT2D eigenvalue weighted by atomic mass is 10.5. The van der Waals surface area contributed by atoms with Crippen molar-refractivity contribution >= 4 is 37.3 Å². The second-order valence-electron chi connectivity index (χ2n) is 2.62. The van der Waals surface area contributed by atoms with Crippen LogP contribution in [-0.4, -0.2) is 20.7 Å². The Hall–Kier alpha value is 0.0500. The summed E-state index contributed by atoms with van der Waals surface area (Å²) in [4.78, 5) is 0.964. The van der Waals surface area contributed by atoms with Crippen molar-refractivity contribution in [1.29, 1.82) is 0 Å². The maximum Gasteiger partial charge on any atom is 0.213 e. The molecule has 0 aliphatic carbocycles. The summed E-state index contributed by atoms with van der Waals surface area (Å²) in [6, 6.07) is 1.89. The predicted octanol–water partition coefficient (Wildman–Crippen LogP) is 0.889. The summed E-state index contributed by atoms with van der Waals surface area (Å²) in [5.41, 5.74) is 5.17. The quantitative estimate of drug-likeness (QED) is 0.848. The van der Waals surface area contributed by atoms with Gasteiger partial charge >= 0.3 is 0 Å². The smallest absolute Gasteiger partial charge is 0.213 e. The molecular weight excluding hydrogens is 288 g/mol. The summed E-state index contributed by atoms with van der Waals surface area (Å²) >= 11 is 4.83. The standard InChI is InChI=1S/C7H11BrN2O2S2/c8-6-1-3-13-7(6)5-10-14(11,12)4-2-9/h1,3,10H,2,4-5,9H2. The maximum absolute atomic E-state index is 11.2. The molecule has 3 N–H and O–H groups in total. The molecule has 0 bridgehead atoms. The van der Waals surface area contributed by atoms with E-state index in [0.29, 0.717) is 6.54 Å². The Morgan fingerprint density at radius 3 is 2.79 bits per heavy atom. The van der Waals surface area contributed by atoms with Gasteiger partial charge in [-0.1, -0.05) is 0 Å². The maximum atomic E-state index is 11.2. The van der Waals surface area contributed by atoms with E-state index < -0.39 is 10.0 Å². The predicted molar refractivity (Wildman–Crippen MR) is 61.7 cm³/mol. The van der Waals surface area contributed by atoms with Gasteiger partial charge in [0.25, 0.3) is 0 Å². The number of nitrogens with one attached hydrogen (secondary N) is 1. The number of hydrogen-bond donors (Lipinski definition) is 2. The van der Waals surface area contributed by atoms with Gasteiger partial charge in [0.2, 0.25) is 10.0 Å². The van der Waals surface area contributed by atoms with Crippen LogP contribution >= 0.6 is 27.3 Å². The molecule has 0 saturated heterocycles. The second kappa shape index (κ2) is 5.22. The van der Waals surface area contributed by atoms with Gasteiger partial charge in [0.1, 0.15) is 0 Å². The summed E-state index contributed by atoms with van der Waals surface area (Å²) in [7, 11) is -3.21. The van der Waals surface area contributed by atoms with E-state index in [4.69, 9.17) is 5.73 Å². The molecular formula is C7H11BrN2O2S2. The van der Waals surface area contributed by atoms with Crippen molar-refractivity contribution in [2.45, 2.75) is 6.54 Å². The van der Waals surface area contributed by atoms with Crippen LogP contribution in [0.3, 0.4) is 0 Å². The Bertz CT molecular complexity index is 388. The van der Waals surface area contributed by atoms with Crippen molar-refractivity contribution in [2.24, 2.45) is 5.73 Å². The first kappa shape index (κ1) is 12.1. The molecule has 0 spiro atoms. The van der Waals surface area contributed by atoms with Crippen LogP contribution in [0.1, 0.15) is 4.88 Å². The molecule has 0 aliphatic heterocycles. The highest BCUT2D eigenvalue weighted by Crippen LogP contribution is 2.22. The van der Waals surface area contributed by atoms with E-state index in [9.17, 15) is 8.42 Å². The van der Waals surface area contributed by atoms with Gasteiger partial charge < -0.3 is 5.73 Å². The highest BCUT2D eigenvalue weighted by Gasteiger charge is 2.09. The van der Waals surface area contributed by atoms with Gasteiger partial charge in [-0.05, 0) is 27.4 Å². The molecule has 14 heavy (non-hydrogen) atoms. The van der Waals surface area contributed by atoms with E-state index >= 15 is 0 Å². The minimum Gasteiger partial charge on any atom is -0.329 e. The van der Waals surface area contributed by atoms with Crippen LogP contribution in [0.15, 0.2) is 15.9 Å². The fraction of sp³-hybridized carbons (Fsp3) is 0.429. The Labute approximate surface area is 95.7 Å². The van der Waals surface area contributed by atoms with Crippen molar-refractivity contribution in [2.75, 3.05) is 12.3 Å². The molecule has 80 valence electrons. The molecule has 0 unspecified atom stereocenters. The van der Waals surface area contributed by atoms with E-state index in [1.54, 1.807) is 0 Å². The summed E-state index contributed by atoms with van der Waals surface area (Å²) in [6.07, 6.45) is 0. The molecule has 1 aromatic heterocycles. The van der Waals surface area contributed by atoms with Crippen molar-refractivity contribution in [3.05, 3.63) is 20.8 Å². The van der Waals surface area contributed by atoms with E-state index in [0.717, 1.165) is 9.35 Å². The molecule has 0 aliphatic rings. The third-order valence-electron chi connectivity index (χ3n) is 1.53. The zero-order valence-corrected chi connectivity index (χ0v) is 10.6. The highest BCUT2D eigenvalue weighted by molar-refractivity contribution is 9.10. The topological polar surface area (TPSA) is 72.2 Å². The second-order valence-corrected chi connectivity index (χ2v) is 6.40. The molecule has 1 heterocycles. The van der Waals surface area contributed by atoms with Crippen LogP contribution in [0.4, 0.5) is 0 Å². The Morgan fingerprint density at radius 1 is 1.57 bits per heavy atom. The first-order valence-corrected chi connectivity index (χ1v) is 7.27. The number of hydrogen-bond acceptors (Lipinski definition) is 4. The first-order chi connectivity index (χ1) is 6.55. The van der Waals surface area contributed by atoms with Crippen LogP contribution in [-0.2, 0) is 16.6 Å². The molecule has 4 nitrogen and oxygen atoms in total. The lowest BCUT2D eigenvalue weighted by Gasteiger charge is -2.03. The number of sulfonamides is 1. The molecule has 0 fully saturated rings.